The molecule has 0 amide bonds. The molecule has 0 saturated carbocycles. The van der Waals surface area contributed by atoms with Crippen molar-refractivity contribution < 1.29 is 19.4 Å². The summed E-state index contributed by atoms with van der Waals surface area (Å²) in [6, 6.07) is 8.09. The molecule has 0 heterocycles. The van der Waals surface area contributed by atoms with Gasteiger partial charge < -0.3 is 14.6 Å². The lowest BCUT2D eigenvalue weighted by Gasteiger charge is -2.46. The van der Waals surface area contributed by atoms with E-state index in [2.05, 4.69) is 67.2 Å². The lowest BCUT2D eigenvalue weighted by Crippen LogP contribution is -2.40. The summed E-state index contributed by atoms with van der Waals surface area (Å²) in [5.74, 6) is 0.124. The summed E-state index contributed by atoms with van der Waals surface area (Å²) in [4.78, 5) is 11.0. The van der Waals surface area contributed by atoms with Gasteiger partial charge in [-0.05, 0) is 40.4 Å². The van der Waals surface area contributed by atoms with E-state index < -0.39 is 12.1 Å². The van der Waals surface area contributed by atoms with E-state index in [1.54, 1.807) is 0 Å². The molecule has 1 N–H and O–H groups in total. The zero-order valence-corrected chi connectivity index (χ0v) is 18.0. The van der Waals surface area contributed by atoms with Gasteiger partial charge in [0.05, 0.1) is 0 Å². The van der Waals surface area contributed by atoms with Gasteiger partial charge in [-0.2, -0.15) is 0 Å². The lowest BCUT2D eigenvalue weighted by molar-refractivity contribution is -0.141. The predicted octanol–water partition coefficient (Wildman–Crippen LogP) is 4.90. The largest absolute Gasteiger partial charge is 0.491 e. The van der Waals surface area contributed by atoms with Gasteiger partial charge in [0.2, 0.25) is 0 Å². The van der Waals surface area contributed by atoms with E-state index in [0.717, 1.165) is 12.5 Å². The highest BCUT2D eigenvalue weighted by Gasteiger charge is 2.41. The van der Waals surface area contributed by atoms with Gasteiger partial charge in [-0.1, -0.05) is 67.2 Å². The maximum absolute atomic E-state index is 11.0. The second-order valence-corrected chi connectivity index (χ2v) is 9.64. The number of hydrogen-bond acceptors (Lipinski definition) is 4. The molecule has 1 aromatic carbocycles. The van der Waals surface area contributed by atoms with Crippen molar-refractivity contribution in [2.75, 3.05) is 13.2 Å². The third kappa shape index (κ3) is 7.02. The molecule has 0 bridgehead atoms. The molecular formula is C23H36O4. The van der Waals surface area contributed by atoms with E-state index in [1.807, 2.05) is 12.1 Å². The second-order valence-electron chi connectivity index (χ2n) is 9.64. The standard InChI is InChI=1S/C23H36O4/c1-9-20(25)27-15-18(24)14-26-19-12-10-17(11-13-19)23(8,22(5,6)7)16-21(2,3)4/h9-13,18,24H,1,14-16H2,2-8H3. The normalized spacial score (nSPS) is 15.6. The van der Waals surface area contributed by atoms with Crippen molar-refractivity contribution in [2.24, 2.45) is 10.8 Å². The number of carbonyl (C=O) groups excluding carboxylic acids is 1. The molecule has 0 aliphatic heterocycles. The average molecular weight is 377 g/mol. The fourth-order valence-corrected chi connectivity index (χ4v) is 3.26. The summed E-state index contributed by atoms with van der Waals surface area (Å²) < 4.78 is 10.4. The molecule has 2 atom stereocenters. The second kappa shape index (κ2) is 8.92. The van der Waals surface area contributed by atoms with Gasteiger partial charge in [0.15, 0.2) is 0 Å². The van der Waals surface area contributed by atoms with E-state index in [1.165, 1.54) is 5.56 Å². The Morgan fingerprint density at radius 2 is 1.63 bits per heavy atom. The zero-order chi connectivity index (χ0) is 20.9. The van der Waals surface area contributed by atoms with Crippen LogP contribution < -0.4 is 4.74 Å². The number of hydrogen-bond donors (Lipinski definition) is 1. The minimum atomic E-state index is -0.880. The van der Waals surface area contributed by atoms with Crippen LogP contribution in [0.3, 0.4) is 0 Å². The van der Waals surface area contributed by atoms with Crippen LogP contribution in [-0.2, 0) is 14.9 Å². The van der Waals surface area contributed by atoms with E-state index in [4.69, 9.17) is 9.47 Å². The molecule has 0 spiro atoms. The Morgan fingerprint density at radius 1 is 1.07 bits per heavy atom. The van der Waals surface area contributed by atoms with Crippen LogP contribution in [0.15, 0.2) is 36.9 Å². The summed E-state index contributed by atoms with van der Waals surface area (Å²) in [6.45, 7) is 19.2. The van der Waals surface area contributed by atoms with Crippen LogP contribution in [0.25, 0.3) is 0 Å². The Balaban J connectivity index is 2.81. The molecule has 4 nitrogen and oxygen atoms in total. The number of aliphatic hydroxyl groups excluding tert-OH is 1. The molecule has 27 heavy (non-hydrogen) atoms. The minimum absolute atomic E-state index is 0.0161. The van der Waals surface area contributed by atoms with Crippen molar-refractivity contribution in [3.63, 3.8) is 0 Å². The summed E-state index contributed by atoms with van der Waals surface area (Å²) in [5.41, 5.74) is 1.61. The Hall–Kier alpha value is -1.81. The third-order valence-corrected chi connectivity index (χ3v) is 5.06. The van der Waals surface area contributed by atoms with E-state index in [0.29, 0.717) is 5.75 Å². The molecule has 0 aliphatic carbocycles. The highest BCUT2D eigenvalue weighted by atomic mass is 16.5. The van der Waals surface area contributed by atoms with Gasteiger partial charge in [0.1, 0.15) is 25.1 Å². The number of carbonyl (C=O) groups is 1. The van der Waals surface area contributed by atoms with Crippen molar-refractivity contribution in [1.29, 1.82) is 0 Å². The highest BCUT2D eigenvalue weighted by molar-refractivity contribution is 5.81. The van der Waals surface area contributed by atoms with Crippen LogP contribution in [0.1, 0.15) is 60.5 Å². The highest BCUT2D eigenvalue weighted by Crippen LogP contribution is 2.48. The maximum Gasteiger partial charge on any atom is 0.330 e. The van der Waals surface area contributed by atoms with Gasteiger partial charge in [0, 0.05) is 6.08 Å². The van der Waals surface area contributed by atoms with Gasteiger partial charge in [-0.3, -0.25) is 0 Å². The molecule has 0 saturated heterocycles. The number of esters is 1. The van der Waals surface area contributed by atoms with Gasteiger partial charge in [-0.25, -0.2) is 4.79 Å². The Kier molecular flexibility index (Phi) is 7.67. The van der Waals surface area contributed by atoms with Gasteiger partial charge in [-0.15, -0.1) is 0 Å². The average Bonchev–Trinajstić information content (AvgIpc) is 2.55. The number of ether oxygens (including phenoxy) is 2. The first kappa shape index (κ1) is 23.2. The van der Waals surface area contributed by atoms with Crippen LogP contribution in [0, 0.1) is 10.8 Å². The van der Waals surface area contributed by atoms with Crippen LogP contribution in [-0.4, -0.2) is 30.4 Å². The summed E-state index contributed by atoms with van der Waals surface area (Å²) >= 11 is 0. The van der Waals surface area contributed by atoms with Crippen LogP contribution in [0.4, 0.5) is 0 Å². The fraction of sp³-hybridized carbons (Fsp3) is 0.609. The Morgan fingerprint density at radius 3 is 2.07 bits per heavy atom. The first-order valence-electron chi connectivity index (χ1n) is 9.49. The van der Waals surface area contributed by atoms with Gasteiger partial charge in [0.25, 0.3) is 0 Å². The van der Waals surface area contributed by atoms with Crippen molar-refractivity contribution in [1.82, 2.24) is 0 Å². The Bertz CT molecular complexity index is 619. The molecule has 4 heteroatoms. The molecule has 0 aliphatic rings. The molecule has 1 rings (SSSR count). The molecule has 0 radical (unpaired) electrons. The SMILES string of the molecule is C=CC(=O)OCC(O)COc1ccc(C(C)(CC(C)(C)C)C(C)(C)C)cc1. The number of rotatable bonds is 8. The van der Waals surface area contributed by atoms with E-state index in [-0.39, 0.29) is 29.5 Å². The molecule has 0 aromatic heterocycles. The smallest absolute Gasteiger partial charge is 0.330 e. The third-order valence-electron chi connectivity index (χ3n) is 5.06. The molecule has 152 valence electrons. The molecule has 2 unspecified atom stereocenters. The van der Waals surface area contributed by atoms with Crippen molar-refractivity contribution in [2.45, 2.75) is 66.4 Å². The summed E-state index contributed by atoms with van der Waals surface area (Å²) in [7, 11) is 0. The first-order chi connectivity index (χ1) is 12.3. The molecule has 0 fully saturated rings. The van der Waals surface area contributed by atoms with E-state index >= 15 is 0 Å². The van der Waals surface area contributed by atoms with Crippen LogP contribution >= 0.6 is 0 Å². The minimum Gasteiger partial charge on any atom is -0.491 e. The summed E-state index contributed by atoms with van der Waals surface area (Å²) in [6.07, 6.45) is 1.25. The Labute approximate surface area is 164 Å². The maximum atomic E-state index is 11.0. The van der Waals surface area contributed by atoms with Crippen molar-refractivity contribution in [3.8, 4) is 5.75 Å². The predicted molar refractivity (Wildman–Crippen MR) is 110 cm³/mol. The lowest BCUT2D eigenvalue weighted by atomic mass is 9.58. The van der Waals surface area contributed by atoms with Gasteiger partial charge >= 0.3 is 5.97 Å². The quantitative estimate of drug-likeness (QED) is 0.518. The van der Waals surface area contributed by atoms with Crippen LogP contribution in [0.2, 0.25) is 0 Å². The van der Waals surface area contributed by atoms with Crippen LogP contribution in [0.5, 0.6) is 5.75 Å². The van der Waals surface area contributed by atoms with E-state index in [9.17, 15) is 9.90 Å². The van der Waals surface area contributed by atoms with Crippen molar-refractivity contribution >= 4 is 5.97 Å². The zero-order valence-electron chi connectivity index (χ0n) is 18.0. The van der Waals surface area contributed by atoms with Crippen molar-refractivity contribution in [3.05, 3.63) is 42.5 Å². The topological polar surface area (TPSA) is 55.8 Å². The molecular weight excluding hydrogens is 340 g/mol. The monoisotopic (exact) mass is 376 g/mol. The number of benzene rings is 1. The molecule has 1 aromatic rings. The number of aliphatic hydroxyl groups is 1. The summed E-state index contributed by atoms with van der Waals surface area (Å²) in [5, 5.41) is 9.84. The fourth-order valence-electron chi connectivity index (χ4n) is 3.26. The first-order valence-corrected chi connectivity index (χ1v) is 9.49.